The quantitative estimate of drug-likeness (QED) is 0.475. The zero-order valence-corrected chi connectivity index (χ0v) is 18.7. The molecule has 6 rings (SSSR count). The third kappa shape index (κ3) is 3.76. The van der Waals surface area contributed by atoms with Gasteiger partial charge in [0.15, 0.2) is 0 Å². The number of likely N-dealkylation sites (tertiary alicyclic amines) is 1. The molecule has 1 aliphatic carbocycles. The molecule has 2 aromatic carbocycles. The molecule has 168 valence electrons. The van der Waals surface area contributed by atoms with Gasteiger partial charge in [0.25, 0.3) is 0 Å². The van der Waals surface area contributed by atoms with Crippen molar-refractivity contribution >= 4 is 28.5 Å². The lowest BCUT2D eigenvalue weighted by Crippen LogP contribution is -2.30. The number of benzene rings is 2. The molecule has 33 heavy (non-hydrogen) atoms. The topological polar surface area (TPSA) is 84.1 Å². The van der Waals surface area contributed by atoms with E-state index in [9.17, 15) is 9.59 Å². The Bertz CT molecular complexity index is 1410. The average molecular weight is 463 g/mol. The second kappa shape index (κ2) is 7.92. The van der Waals surface area contributed by atoms with E-state index in [0.717, 1.165) is 54.4 Å². The van der Waals surface area contributed by atoms with Crippen molar-refractivity contribution in [3.05, 3.63) is 70.1 Å². The number of carbonyl (C=O) groups is 1. The second-order valence-electron chi connectivity index (χ2n) is 9.04. The summed E-state index contributed by atoms with van der Waals surface area (Å²) in [5.41, 5.74) is 3.09. The summed E-state index contributed by atoms with van der Waals surface area (Å²) < 4.78 is 6.97. The summed E-state index contributed by atoms with van der Waals surface area (Å²) >= 11 is 6.66. The largest absolute Gasteiger partial charge is 0.464 e. The highest BCUT2D eigenvalue weighted by Crippen LogP contribution is 2.34. The Kier molecular flexibility index (Phi) is 4.87. The summed E-state index contributed by atoms with van der Waals surface area (Å²) in [6, 6.07) is 13.6. The summed E-state index contributed by atoms with van der Waals surface area (Å²) in [5, 5.41) is 8.34. The number of furan rings is 1. The van der Waals surface area contributed by atoms with Crippen LogP contribution in [0.4, 0.5) is 0 Å². The molecule has 0 spiro atoms. The van der Waals surface area contributed by atoms with Crippen LogP contribution in [0.3, 0.4) is 0 Å². The van der Waals surface area contributed by atoms with Gasteiger partial charge in [-0.2, -0.15) is 5.10 Å². The predicted molar refractivity (Wildman–Crippen MR) is 126 cm³/mol. The number of aromatic amines is 1. The molecule has 1 atom stereocenters. The van der Waals surface area contributed by atoms with Crippen LogP contribution in [0.1, 0.15) is 25.1 Å². The number of halogens is 1. The smallest absolute Gasteiger partial charge is 0.347 e. The normalized spacial score (nSPS) is 18.3. The molecule has 2 aromatic heterocycles. The summed E-state index contributed by atoms with van der Waals surface area (Å²) in [7, 11) is 0. The number of rotatable bonds is 5. The number of hydrogen-bond donors (Lipinski definition) is 1. The number of nitrogens with one attached hydrogen (secondary N) is 1. The molecule has 1 saturated carbocycles. The van der Waals surface area contributed by atoms with E-state index < -0.39 is 0 Å². The van der Waals surface area contributed by atoms with Crippen molar-refractivity contribution in [2.75, 3.05) is 13.1 Å². The molecule has 8 heteroatoms. The Hall–Kier alpha value is -3.32. The van der Waals surface area contributed by atoms with E-state index in [-0.39, 0.29) is 23.4 Å². The molecule has 0 radical (unpaired) electrons. The van der Waals surface area contributed by atoms with Gasteiger partial charge in [0.2, 0.25) is 5.91 Å². The summed E-state index contributed by atoms with van der Waals surface area (Å²) in [6.45, 7) is 1.50. The van der Waals surface area contributed by atoms with E-state index in [1.807, 2.05) is 47.4 Å². The van der Waals surface area contributed by atoms with Gasteiger partial charge in [0.05, 0.1) is 17.0 Å². The van der Waals surface area contributed by atoms with Crippen LogP contribution in [0.5, 0.6) is 0 Å². The summed E-state index contributed by atoms with van der Waals surface area (Å²) in [4.78, 5) is 27.0. The first-order valence-corrected chi connectivity index (χ1v) is 11.7. The first kappa shape index (κ1) is 20.3. The fourth-order valence-corrected chi connectivity index (χ4v) is 5.04. The van der Waals surface area contributed by atoms with Gasteiger partial charge in [0.1, 0.15) is 11.4 Å². The van der Waals surface area contributed by atoms with Crippen molar-refractivity contribution in [2.45, 2.75) is 25.7 Å². The zero-order chi connectivity index (χ0) is 22.5. The van der Waals surface area contributed by atoms with Crippen LogP contribution in [0.2, 0.25) is 5.02 Å². The van der Waals surface area contributed by atoms with Crippen molar-refractivity contribution in [3.8, 4) is 16.8 Å². The minimum Gasteiger partial charge on any atom is -0.464 e. The first-order chi connectivity index (χ1) is 16.1. The average Bonchev–Trinajstić information content (AvgIpc) is 3.21. The Morgan fingerprint density at radius 2 is 1.94 bits per heavy atom. The summed E-state index contributed by atoms with van der Waals surface area (Å²) in [5.74, 6) is 1.43. The van der Waals surface area contributed by atoms with E-state index >= 15 is 0 Å². The fraction of sp³-hybridized carbons (Fsp3) is 0.320. The number of fused-ring (bicyclic) bond motifs is 1. The highest BCUT2D eigenvalue weighted by atomic mass is 35.5. The maximum atomic E-state index is 12.6. The van der Waals surface area contributed by atoms with Gasteiger partial charge in [-0.15, -0.1) is 0 Å². The van der Waals surface area contributed by atoms with Crippen LogP contribution in [0.25, 0.3) is 27.8 Å². The van der Waals surface area contributed by atoms with Crippen molar-refractivity contribution in [2.24, 2.45) is 11.8 Å². The third-order valence-corrected chi connectivity index (χ3v) is 7.01. The SMILES string of the molecule is O=C(C1CC1)N1CCC(Cc2n[nH]c(=O)n2-c2ccc(-c3ccc4occc4c3)cc2Cl)C1. The van der Waals surface area contributed by atoms with Crippen molar-refractivity contribution in [1.29, 1.82) is 0 Å². The van der Waals surface area contributed by atoms with Crippen LogP contribution in [0.15, 0.2) is 57.9 Å². The van der Waals surface area contributed by atoms with Gasteiger partial charge in [-0.25, -0.2) is 14.5 Å². The molecule has 1 aliphatic heterocycles. The number of amides is 1. The van der Waals surface area contributed by atoms with Gasteiger partial charge < -0.3 is 9.32 Å². The highest BCUT2D eigenvalue weighted by Gasteiger charge is 2.37. The molecule has 3 heterocycles. The molecule has 2 fully saturated rings. The van der Waals surface area contributed by atoms with Crippen molar-refractivity contribution in [3.63, 3.8) is 0 Å². The number of hydrogen-bond acceptors (Lipinski definition) is 4. The lowest BCUT2D eigenvalue weighted by atomic mass is 10.0. The van der Waals surface area contributed by atoms with Gasteiger partial charge in [0, 0.05) is 30.8 Å². The molecule has 1 amide bonds. The summed E-state index contributed by atoms with van der Waals surface area (Å²) in [6.07, 6.45) is 5.24. The number of nitrogens with zero attached hydrogens (tertiary/aromatic N) is 3. The molecule has 2 aliphatic rings. The van der Waals surface area contributed by atoms with Crippen LogP contribution in [-0.2, 0) is 11.2 Å². The molecule has 1 unspecified atom stereocenters. The molecule has 1 N–H and O–H groups in total. The first-order valence-electron chi connectivity index (χ1n) is 11.3. The van der Waals surface area contributed by atoms with E-state index in [1.165, 1.54) is 0 Å². The minimum atomic E-state index is -0.316. The number of aromatic nitrogens is 3. The lowest BCUT2D eigenvalue weighted by molar-refractivity contribution is -0.131. The van der Waals surface area contributed by atoms with E-state index in [1.54, 1.807) is 10.8 Å². The lowest BCUT2D eigenvalue weighted by Gasteiger charge is -2.16. The third-order valence-electron chi connectivity index (χ3n) is 6.71. The van der Waals surface area contributed by atoms with Crippen LogP contribution in [-0.4, -0.2) is 38.7 Å². The highest BCUT2D eigenvalue weighted by molar-refractivity contribution is 6.32. The Morgan fingerprint density at radius 3 is 2.76 bits per heavy atom. The molecule has 4 aromatic rings. The van der Waals surface area contributed by atoms with Crippen molar-refractivity contribution in [1.82, 2.24) is 19.7 Å². The molecule has 0 bridgehead atoms. The van der Waals surface area contributed by atoms with Crippen LogP contribution in [0, 0.1) is 11.8 Å². The Balaban J connectivity index is 1.26. The van der Waals surface area contributed by atoms with E-state index in [2.05, 4.69) is 10.2 Å². The predicted octanol–water partition coefficient (Wildman–Crippen LogP) is 4.43. The van der Waals surface area contributed by atoms with Crippen molar-refractivity contribution < 1.29 is 9.21 Å². The molecule has 1 saturated heterocycles. The van der Waals surface area contributed by atoms with E-state index in [0.29, 0.717) is 23.0 Å². The molecular weight excluding hydrogens is 440 g/mol. The van der Waals surface area contributed by atoms with Gasteiger partial charge in [-0.05, 0) is 66.6 Å². The van der Waals surface area contributed by atoms with Gasteiger partial charge in [-0.1, -0.05) is 23.7 Å². The van der Waals surface area contributed by atoms with Crippen LogP contribution >= 0.6 is 11.6 Å². The number of H-pyrrole nitrogens is 1. The maximum absolute atomic E-state index is 12.6. The molecular formula is C25H23ClN4O3. The van der Waals surface area contributed by atoms with Gasteiger partial charge >= 0.3 is 5.69 Å². The minimum absolute atomic E-state index is 0.235. The van der Waals surface area contributed by atoms with E-state index in [4.69, 9.17) is 16.0 Å². The fourth-order valence-electron chi connectivity index (χ4n) is 4.78. The molecule has 7 nitrogen and oxygen atoms in total. The standard InChI is InChI=1S/C25H23ClN4O3/c26-20-13-18(17-4-6-22-19(12-17)8-10-33-22)3-5-21(20)30-23(27-28-25(30)32)11-15-7-9-29(14-15)24(31)16-1-2-16/h3-6,8,10,12-13,15-16H,1-2,7,9,11,14H2,(H,28,32). The Morgan fingerprint density at radius 1 is 1.12 bits per heavy atom. The van der Waals surface area contributed by atoms with Crippen LogP contribution < -0.4 is 5.69 Å². The Labute approximate surface area is 195 Å². The monoisotopic (exact) mass is 462 g/mol. The van der Waals surface area contributed by atoms with Gasteiger partial charge in [-0.3, -0.25) is 4.79 Å². The maximum Gasteiger partial charge on any atom is 0.347 e. The zero-order valence-electron chi connectivity index (χ0n) is 18.0. The number of carbonyl (C=O) groups excluding carboxylic acids is 1. The second-order valence-corrected chi connectivity index (χ2v) is 9.44.